The summed E-state index contributed by atoms with van der Waals surface area (Å²) in [6, 6.07) is 11.0. The molecule has 2 unspecified atom stereocenters. The van der Waals surface area contributed by atoms with Crippen LogP contribution in [0, 0.1) is 0 Å². The van der Waals surface area contributed by atoms with Crippen LogP contribution in [0.2, 0.25) is 0 Å². The second kappa shape index (κ2) is 6.13. The Bertz CT molecular complexity index is 243. The molecule has 0 saturated carbocycles. The first-order chi connectivity index (χ1) is 6.79. The first kappa shape index (κ1) is 11.6. The Kier molecular flexibility index (Phi) is 5.10. The van der Waals surface area contributed by atoms with E-state index >= 15 is 0 Å². The lowest BCUT2D eigenvalue weighted by atomic mass is 10.2. The van der Waals surface area contributed by atoms with E-state index in [-0.39, 0.29) is 10.9 Å². The van der Waals surface area contributed by atoms with Gasteiger partial charge in [-0.3, -0.25) is 0 Å². The number of hydrogen-bond acceptors (Lipinski definition) is 0. The largest absolute Gasteiger partial charge is 0.227 e. The Hall–Kier alpha value is -0.430. The zero-order valence-electron chi connectivity index (χ0n) is 9.53. The fraction of sp³-hybridized carbons (Fsp3) is 0.538. The highest BCUT2D eigenvalue weighted by Crippen LogP contribution is 2.40. The maximum Gasteiger partial charge on any atom is -0.0104 e. The molecule has 0 radical (unpaired) electrons. The minimum Gasteiger partial charge on any atom is -0.227 e. The van der Waals surface area contributed by atoms with Gasteiger partial charge in [-0.15, -0.1) is 0 Å². The average Bonchev–Trinajstić information content (AvgIpc) is 2.26. The third-order valence-electron chi connectivity index (χ3n) is 2.80. The lowest BCUT2D eigenvalue weighted by Crippen LogP contribution is -2.06. The molecule has 0 aliphatic rings. The lowest BCUT2D eigenvalue weighted by molar-refractivity contribution is 0.716. The Balaban J connectivity index is 2.67. The number of rotatable bonds is 5. The van der Waals surface area contributed by atoms with Gasteiger partial charge in [-0.1, -0.05) is 50.6 Å². The average molecular weight is 210 g/mol. The molecule has 0 amide bonds. The van der Waals surface area contributed by atoms with Gasteiger partial charge in [0.15, 0.2) is 0 Å². The maximum atomic E-state index is 2.43. The minimum atomic E-state index is 0.0549. The maximum absolute atomic E-state index is 2.43. The minimum absolute atomic E-state index is 0.0549. The van der Waals surface area contributed by atoms with E-state index in [0.717, 1.165) is 5.25 Å². The zero-order chi connectivity index (χ0) is 10.4. The van der Waals surface area contributed by atoms with Crippen LogP contribution in [0.4, 0.5) is 0 Å². The van der Waals surface area contributed by atoms with Crippen LogP contribution in [0.5, 0.6) is 0 Å². The predicted octanol–water partition coefficient (Wildman–Crippen LogP) is 4.26. The highest BCUT2D eigenvalue weighted by molar-refractivity contribution is 8.17. The molecule has 2 atom stereocenters. The predicted molar refractivity (Wildman–Crippen MR) is 68.6 cm³/mol. The van der Waals surface area contributed by atoms with Crippen molar-refractivity contribution in [1.82, 2.24) is 0 Å². The Labute approximate surface area is 91.1 Å². The van der Waals surface area contributed by atoms with E-state index in [4.69, 9.17) is 0 Å². The number of thiol groups is 1. The fourth-order valence-corrected chi connectivity index (χ4v) is 4.14. The normalized spacial score (nSPS) is 16.4. The van der Waals surface area contributed by atoms with Crippen LogP contribution in [-0.2, 0) is 0 Å². The molecule has 14 heavy (non-hydrogen) atoms. The molecule has 1 aromatic carbocycles. The second-order valence-corrected chi connectivity index (χ2v) is 6.27. The summed E-state index contributed by atoms with van der Waals surface area (Å²) in [4.78, 5) is 1.56. The van der Waals surface area contributed by atoms with E-state index in [0.29, 0.717) is 0 Å². The van der Waals surface area contributed by atoms with Crippen LogP contribution in [0.15, 0.2) is 35.2 Å². The van der Waals surface area contributed by atoms with Crippen LogP contribution >= 0.6 is 10.9 Å². The first-order valence-corrected chi connectivity index (χ1v) is 7.43. The molecule has 0 heterocycles. The van der Waals surface area contributed by atoms with Gasteiger partial charge >= 0.3 is 0 Å². The van der Waals surface area contributed by atoms with Crippen LogP contribution in [-0.4, -0.2) is 11.5 Å². The Morgan fingerprint density at radius 2 is 1.79 bits per heavy atom. The molecule has 0 bridgehead atoms. The smallest absolute Gasteiger partial charge is 0.0104 e. The van der Waals surface area contributed by atoms with Crippen LogP contribution in [0.3, 0.4) is 0 Å². The van der Waals surface area contributed by atoms with E-state index < -0.39 is 0 Å². The molecule has 0 aliphatic heterocycles. The van der Waals surface area contributed by atoms with Gasteiger partial charge in [-0.2, -0.15) is 0 Å². The highest BCUT2D eigenvalue weighted by atomic mass is 32.2. The summed E-state index contributed by atoms with van der Waals surface area (Å²) in [5.41, 5.74) is 0. The molecule has 1 rings (SSSR count). The van der Waals surface area contributed by atoms with Crippen molar-refractivity contribution in [2.24, 2.45) is 0 Å². The lowest BCUT2D eigenvalue weighted by Gasteiger charge is -2.26. The monoisotopic (exact) mass is 210 g/mol. The molecular formula is C13H22S. The molecule has 1 heteroatoms. The fourth-order valence-electron chi connectivity index (χ4n) is 1.88. The Morgan fingerprint density at radius 3 is 2.29 bits per heavy atom. The van der Waals surface area contributed by atoms with Crippen molar-refractivity contribution in [3.05, 3.63) is 30.3 Å². The number of benzene rings is 1. The molecule has 0 fully saturated rings. The van der Waals surface area contributed by atoms with Crippen LogP contribution < -0.4 is 0 Å². The Morgan fingerprint density at radius 1 is 1.14 bits per heavy atom. The second-order valence-electron chi connectivity index (χ2n) is 3.80. The molecule has 80 valence electrons. The van der Waals surface area contributed by atoms with Crippen molar-refractivity contribution in [3.8, 4) is 0 Å². The van der Waals surface area contributed by atoms with Gasteiger partial charge < -0.3 is 0 Å². The molecule has 0 N–H and O–H groups in total. The van der Waals surface area contributed by atoms with E-state index in [1.807, 2.05) is 0 Å². The third-order valence-corrected chi connectivity index (χ3v) is 5.64. The van der Waals surface area contributed by atoms with Crippen molar-refractivity contribution in [2.75, 3.05) is 6.26 Å². The van der Waals surface area contributed by atoms with Gasteiger partial charge in [0.25, 0.3) is 0 Å². The summed E-state index contributed by atoms with van der Waals surface area (Å²) < 4.78 is 0. The summed E-state index contributed by atoms with van der Waals surface area (Å²) >= 11 is 0. The van der Waals surface area contributed by atoms with Crippen LogP contribution in [0.1, 0.15) is 33.1 Å². The molecule has 0 aromatic heterocycles. The number of hydrogen-bond donors (Lipinski definition) is 1. The molecule has 1 aromatic rings. The summed E-state index contributed by atoms with van der Waals surface area (Å²) in [6.45, 7) is 4.61. The van der Waals surface area contributed by atoms with Gasteiger partial charge in [0, 0.05) is 0 Å². The molecule has 0 spiro atoms. The van der Waals surface area contributed by atoms with Crippen molar-refractivity contribution in [1.29, 1.82) is 0 Å². The van der Waals surface area contributed by atoms with Crippen LogP contribution in [0.25, 0.3) is 0 Å². The van der Waals surface area contributed by atoms with Crippen molar-refractivity contribution >= 4 is 10.9 Å². The van der Waals surface area contributed by atoms with E-state index in [2.05, 4.69) is 50.4 Å². The van der Waals surface area contributed by atoms with Gasteiger partial charge in [-0.25, -0.2) is 10.9 Å². The quantitative estimate of drug-likeness (QED) is 0.690. The third kappa shape index (κ3) is 3.06. The highest BCUT2D eigenvalue weighted by Gasteiger charge is 2.11. The van der Waals surface area contributed by atoms with Crippen molar-refractivity contribution in [3.63, 3.8) is 0 Å². The van der Waals surface area contributed by atoms with Gasteiger partial charge in [-0.05, 0) is 29.2 Å². The van der Waals surface area contributed by atoms with Crippen molar-refractivity contribution in [2.45, 2.75) is 43.3 Å². The summed E-state index contributed by atoms with van der Waals surface area (Å²) in [5.74, 6) is 0. The molecular weight excluding hydrogens is 188 g/mol. The summed E-state index contributed by atoms with van der Waals surface area (Å²) in [7, 11) is 0.0549. The summed E-state index contributed by atoms with van der Waals surface area (Å²) in [5, 5.41) is 0.914. The zero-order valence-corrected chi connectivity index (χ0v) is 10.4. The molecule has 0 aliphatic carbocycles. The molecule has 0 saturated heterocycles. The van der Waals surface area contributed by atoms with Crippen molar-refractivity contribution < 1.29 is 0 Å². The van der Waals surface area contributed by atoms with E-state index in [1.54, 1.807) is 4.90 Å². The van der Waals surface area contributed by atoms with Gasteiger partial charge in [0.2, 0.25) is 0 Å². The van der Waals surface area contributed by atoms with Gasteiger partial charge in [0.05, 0.1) is 0 Å². The molecule has 0 nitrogen and oxygen atoms in total. The SMILES string of the molecule is CCCC(CC)[SH](C)c1ccccc1. The van der Waals surface area contributed by atoms with E-state index in [9.17, 15) is 0 Å². The van der Waals surface area contributed by atoms with E-state index in [1.165, 1.54) is 19.3 Å². The first-order valence-electron chi connectivity index (χ1n) is 5.57. The summed E-state index contributed by atoms with van der Waals surface area (Å²) in [6.07, 6.45) is 6.45. The standard InChI is InChI=1S/C13H22S/c1-4-9-12(5-2)14(3)13-10-7-6-8-11-13/h6-8,10-12,14H,4-5,9H2,1-3H3. The topological polar surface area (TPSA) is 0 Å². The van der Waals surface area contributed by atoms with Gasteiger partial charge in [0.1, 0.15) is 0 Å².